The number of carboxylic acids is 1. The van der Waals surface area contributed by atoms with Gasteiger partial charge in [-0.3, -0.25) is 14.4 Å². The van der Waals surface area contributed by atoms with E-state index in [1.54, 1.807) is 30.3 Å². The first-order chi connectivity index (χ1) is 22.1. The molecular weight excluding hydrogens is 588 g/mol. The van der Waals surface area contributed by atoms with Crippen molar-refractivity contribution in [2.75, 3.05) is 20.3 Å². The average Bonchev–Trinajstić information content (AvgIpc) is 3.03. The van der Waals surface area contributed by atoms with Crippen molar-refractivity contribution in [3.63, 3.8) is 0 Å². The maximum Gasteiger partial charge on any atom is 0.336 e. The molecule has 0 bridgehead atoms. The zero-order chi connectivity index (χ0) is 34.2. The van der Waals surface area contributed by atoms with Crippen LogP contribution in [0.2, 0.25) is 0 Å². The molecule has 0 saturated carbocycles. The molecule has 0 aromatic heterocycles. The summed E-state index contributed by atoms with van der Waals surface area (Å²) < 4.78 is 10.7. The summed E-state index contributed by atoms with van der Waals surface area (Å²) in [6.07, 6.45) is 15.6. The van der Waals surface area contributed by atoms with Crippen molar-refractivity contribution in [1.29, 1.82) is 0 Å². The van der Waals surface area contributed by atoms with E-state index in [1.807, 2.05) is 0 Å². The van der Waals surface area contributed by atoms with E-state index in [2.05, 4.69) is 19.2 Å². The van der Waals surface area contributed by atoms with Crippen molar-refractivity contribution in [1.82, 2.24) is 5.32 Å². The number of aliphatic carboxylic acids is 1. The van der Waals surface area contributed by atoms with Gasteiger partial charge in [0.2, 0.25) is 11.8 Å². The molecule has 10 heteroatoms. The fourth-order valence-corrected chi connectivity index (χ4v) is 5.11. The van der Waals surface area contributed by atoms with Gasteiger partial charge in [-0.25, -0.2) is 4.79 Å². The molecule has 0 fully saturated rings. The lowest BCUT2D eigenvalue weighted by Gasteiger charge is -2.30. The lowest BCUT2D eigenvalue weighted by molar-refractivity contribution is -0.168. The van der Waals surface area contributed by atoms with E-state index in [-0.39, 0.29) is 19.4 Å². The monoisotopic (exact) mass is 646 g/mol. The summed E-state index contributed by atoms with van der Waals surface area (Å²) in [6.45, 7) is 4.75. The smallest absolute Gasteiger partial charge is 0.336 e. The van der Waals surface area contributed by atoms with Crippen LogP contribution in [0.1, 0.15) is 116 Å². The molecule has 0 saturated heterocycles. The highest BCUT2D eigenvalue weighted by Crippen LogP contribution is 2.26. The summed E-state index contributed by atoms with van der Waals surface area (Å²) in [5, 5.41) is 23.7. The van der Waals surface area contributed by atoms with Crippen LogP contribution in [0, 0.1) is 5.92 Å². The number of hydrogen-bond acceptors (Lipinski definition) is 7. The van der Waals surface area contributed by atoms with Crippen LogP contribution in [0.15, 0.2) is 36.4 Å². The molecular formula is C36H58N2O8. The van der Waals surface area contributed by atoms with Gasteiger partial charge in [-0.05, 0) is 49.8 Å². The third-order valence-corrected chi connectivity index (χ3v) is 8.11. The second-order valence-corrected chi connectivity index (χ2v) is 12.0. The third-order valence-electron chi connectivity index (χ3n) is 8.11. The molecule has 2 amide bonds. The van der Waals surface area contributed by atoms with Crippen LogP contribution in [-0.2, 0) is 30.3 Å². The number of nitrogens with one attached hydrogen (secondary N) is 1. The van der Waals surface area contributed by atoms with Crippen LogP contribution in [-0.4, -0.2) is 65.7 Å². The highest BCUT2D eigenvalue weighted by molar-refractivity contribution is 5.93. The van der Waals surface area contributed by atoms with Gasteiger partial charge in [0.25, 0.3) is 0 Å². The number of allylic oxidation sites excluding steroid dienone is 1. The van der Waals surface area contributed by atoms with Gasteiger partial charge in [0.1, 0.15) is 17.6 Å². The fourth-order valence-electron chi connectivity index (χ4n) is 5.11. The Morgan fingerprint density at radius 1 is 0.891 bits per heavy atom. The second-order valence-electron chi connectivity index (χ2n) is 12.0. The van der Waals surface area contributed by atoms with Gasteiger partial charge in [0.15, 0.2) is 5.60 Å². The second kappa shape index (κ2) is 24.0. The number of rotatable bonds is 28. The third kappa shape index (κ3) is 16.4. The van der Waals surface area contributed by atoms with Gasteiger partial charge in [-0.1, -0.05) is 83.1 Å². The van der Waals surface area contributed by atoms with Gasteiger partial charge in [0, 0.05) is 39.4 Å². The quantitative estimate of drug-likeness (QED) is 0.0668. The van der Waals surface area contributed by atoms with Gasteiger partial charge < -0.3 is 30.7 Å². The standard InChI is InChI=1S/C36H58N2O8/c1-4-6-8-11-14-17-29(39)18-15-12-9-10-13-16-19-31(36(44,35(42)43)24-26-45-3)34(41)38-32(33(37)40)27-28-20-22-30(23-21-28)46-25-7-5-2/h16,19-23,31-32,44H,4-15,17-18,24-27H2,1-3H3,(H2,37,40)(H,38,41)(H,42,43)/b19-16+/t31-,32+,36+/m1/s1. The summed E-state index contributed by atoms with van der Waals surface area (Å²) in [5.74, 6) is -3.67. The molecule has 3 atom stereocenters. The summed E-state index contributed by atoms with van der Waals surface area (Å²) in [7, 11) is 1.37. The van der Waals surface area contributed by atoms with Crippen molar-refractivity contribution in [2.24, 2.45) is 11.7 Å². The number of hydrogen-bond donors (Lipinski definition) is 4. The molecule has 0 aliphatic heterocycles. The van der Waals surface area contributed by atoms with Crippen molar-refractivity contribution in [3.8, 4) is 5.75 Å². The summed E-state index contributed by atoms with van der Waals surface area (Å²) in [4.78, 5) is 50.1. The number of carboxylic acid groups (broad SMARTS) is 1. The van der Waals surface area contributed by atoms with Crippen LogP contribution in [0.25, 0.3) is 0 Å². The fraction of sp³-hybridized carbons (Fsp3) is 0.667. The van der Waals surface area contributed by atoms with E-state index in [9.17, 15) is 29.4 Å². The number of amides is 2. The van der Waals surface area contributed by atoms with Crippen LogP contribution in [0.4, 0.5) is 0 Å². The number of primary amides is 1. The normalized spacial score (nSPS) is 14.0. The predicted molar refractivity (Wildman–Crippen MR) is 179 cm³/mol. The minimum Gasteiger partial charge on any atom is -0.494 e. The molecule has 46 heavy (non-hydrogen) atoms. The van der Waals surface area contributed by atoms with Crippen LogP contribution in [0.5, 0.6) is 5.75 Å². The number of carbonyl (C=O) groups is 4. The zero-order valence-electron chi connectivity index (χ0n) is 28.3. The SMILES string of the molecule is CCCCCCCC(=O)CCCCCC/C=C/[C@H](C(=O)N[C@@H](Cc1ccc(OCCCC)cc1)C(N)=O)[C@@](O)(CCOC)C(=O)O. The van der Waals surface area contributed by atoms with E-state index in [0.717, 1.165) is 56.9 Å². The van der Waals surface area contributed by atoms with Crippen molar-refractivity contribution >= 4 is 23.6 Å². The number of benzene rings is 1. The van der Waals surface area contributed by atoms with Crippen molar-refractivity contribution in [3.05, 3.63) is 42.0 Å². The van der Waals surface area contributed by atoms with Crippen LogP contribution < -0.4 is 15.8 Å². The van der Waals surface area contributed by atoms with E-state index in [1.165, 1.54) is 32.4 Å². The van der Waals surface area contributed by atoms with Crippen LogP contribution >= 0.6 is 0 Å². The molecule has 0 radical (unpaired) electrons. The largest absolute Gasteiger partial charge is 0.494 e. The highest BCUT2D eigenvalue weighted by atomic mass is 16.5. The Kier molecular flexibility index (Phi) is 21.3. The molecule has 0 aliphatic carbocycles. The van der Waals surface area contributed by atoms with Gasteiger partial charge >= 0.3 is 5.97 Å². The molecule has 10 nitrogen and oxygen atoms in total. The first kappa shape index (κ1) is 40.8. The number of Topliss-reactive ketones (excluding diaryl/α,β-unsaturated/α-hetero) is 1. The molecule has 0 aliphatic rings. The van der Waals surface area contributed by atoms with Crippen LogP contribution in [0.3, 0.4) is 0 Å². The van der Waals surface area contributed by atoms with Gasteiger partial charge in [-0.2, -0.15) is 0 Å². The topological polar surface area (TPSA) is 165 Å². The first-order valence-corrected chi connectivity index (χ1v) is 17.0. The molecule has 0 heterocycles. The Bertz CT molecular complexity index is 1060. The maximum absolute atomic E-state index is 13.5. The number of methoxy groups -OCH3 is 1. The van der Waals surface area contributed by atoms with Gasteiger partial charge in [-0.15, -0.1) is 0 Å². The molecule has 1 aromatic rings. The Labute approximate surface area is 275 Å². The highest BCUT2D eigenvalue weighted by Gasteiger charge is 2.47. The molecule has 0 spiro atoms. The minimum atomic E-state index is -2.47. The van der Waals surface area contributed by atoms with E-state index < -0.39 is 35.3 Å². The number of carbonyl (C=O) groups excluding carboxylic acids is 3. The van der Waals surface area contributed by atoms with Crippen molar-refractivity contribution in [2.45, 2.75) is 128 Å². The Hall–Kier alpha value is -3.24. The molecule has 1 aromatic carbocycles. The number of aliphatic hydroxyl groups is 1. The number of ketones is 1. The molecule has 5 N–H and O–H groups in total. The lowest BCUT2D eigenvalue weighted by Crippen LogP contribution is -2.55. The number of unbranched alkanes of at least 4 members (excludes halogenated alkanes) is 9. The summed E-state index contributed by atoms with van der Waals surface area (Å²) in [5.41, 5.74) is 3.87. The lowest BCUT2D eigenvalue weighted by atomic mass is 9.83. The summed E-state index contributed by atoms with van der Waals surface area (Å²) in [6, 6.07) is 5.97. The number of nitrogens with two attached hydrogens (primary N) is 1. The van der Waals surface area contributed by atoms with Crippen molar-refractivity contribution < 1.29 is 38.9 Å². The Morgan fingerprint density at radius 2 is 1.50 bits per heavy atom. The van der Waals surface area contributed by atoms with E-state index >= 15 is 0 Å². The Balaban J connectivity index is 2.80. The average molecular weight is 647 g/mol. The first-order valence-electron chi connectivity index (χ1n) is 17.0. The maximum atomic E-state index is 13.5. The predicted octanol–water partition coefficient (Wildman–Crippen LogP) is 5.67. The van der Waals surface area contributed by atoms with E-state index in [0.29, 0.717) is 37.4 Å². The Morgan fingerprint density at radius 3 is 2.07 bits per heavy atom. The minimum absolute atomic E-state index is 0.0810. The number of ether oxygens (including phenoxy) is 2. The molecule has 1 rings (SSSR count). The zero-order valence-corrected chi connectivity index (χ0v) is 28.3. The van der Waals surface area contributed by atoms with E-state index in [4.69, 9.17) is 15.2 Å². The molecule has 0 unspecified atom stereocenters. The summed E-state index contributed by atoms with van der Waals surface area (Å²) >= 11 is 0. The van der Waals surface area contributed by atoms with Gasteiger partial charge in [0.05, 0.1) is 12.5 Å². The molecule has 260 valence electrons.